The Morgan fingerprint density at radius 1 is 1.09 bits per heavy atom. The molecule has 13 atom stereocenters. The SMILES string of the molecule is CCN1C[C@]2(CO)CC[C@H](OC)[C@@]34[C@@H]5C[C@H]6[C@H](O)[C@@H]5[C@](O)(C[C@@H]6OC)[C@](O)([C@@H](OC)[C@H]23)[C@@H]14. The molecule has 1 spiro atoms. The Kier molecular flexibility index (Phi) is 4.62. The Hall–Kier alpha value is -0.320. The van der Waals surface area contributed by atoms with Crippen LogP contribution < -0.4 is 0 Å². The number of methoxy groups -OCH3 is 3. The molecule has 5 saturated carbocycles. The molecule has 0 aromatic rings. The minimum absolute atomic E-state index is 0.0114. The smallest absolute Gasteiger partial charge is 0.136 e. The van der Waals surface area contributed by atoms with Crippen molar-refractivity contribution in [3.05, 3.63) is 0 Å². The lowest BCUT2D eigenvalue weighted by molar-refractivity contribution is -0.318. The first-order valence-corrected chi connectivity index (χ1v) is 12.3. The topological polar surface area (TPSA) is 112 Å². The summed E-state index contributed by atoms with van der Waals surface area (Å²) in [6.07, 6.45) is 0.720. The molecule has 1 aliphatic heterocycles. The number of piperidine rings is 1. The maximum Gasteiger partial charge on any atom is 0.136 e. The van der Waals surface area contributed by atoms with Crippen molar-refractivity contribution in [1.29, 1.82) is 0 Å². The van der Waals surface area contributed by atoms with E-state index in [1.165, 1.54) is 0 Å². The molecule has 4 N–H and O–H groups in total. The second-order valence-electron chi connectivity index (χ2n) is 11.6. The monoisotopic (exact) mass is 453 g/mol. The molecule has 0 unspecified atom stereocenters. The van der Waals surface area contributed by atoms with Crippen LogP contribution in [0.5, 0.6) is 0 Å². The standard InChI is InChI=1S/C24H39NO7/c1-5-25-10-21(11-26)7-6-15(31-3)23-13-8-12-14(30-2)9-22(28,16(13)17(12)27)24(29,20(23)25)19(32-4)18(21)23/h12-20,26-29H,5-11H2,1-4H3/t12-,13-,14+,15+,16-,17+,18-,19+,20+,21+,22-,23+,24+/m1/s1. The molecule has 8 heteroatoms. The molecule has 1 saturated heterocycles. The van der Waals surface area contributed by atoms with Crippen LogP contribution in [0.2, 0.25) is 0 Å². The van der Waals surface area contributed by atoms with Gasteiger partial charge in [0.1, 0.15) is 11.2 Å². The van der Waals surface area contributed by atoms with Gasteiger partial charge in [0.05, 0.1) is 37.1 Å². The number of nitrogens with zero attached hydrogens (tertiary/aromatic N) is 1. The minimum Gasteiger partial charge on any atom is -0.396 e. The molecule has 6 aliphatic rings. The molecular formula is C24H39NO7. The molecule has 0 amide bonds. The van der Waals surface area contributed by atoms with Gasteiger partial charge in [0, 0.05) is 62.9 Å². The lowest BCUT2D eigenvalue weighted by Crippen LogP contribution is -2.82. The minimum atomic E-state index is -1.60. The van der Waals surface area contributed by atoms with Gasteiger partial charge in [-0.15, -0.1) is 0 Å². The number of ether oxygens (including phenoxy) is 3. The van der Waals surface area contributed by atoms with Gasteiger partial charge in [-0.05, 0) is 31.7 Å². The van der Waals surface area contributed by atoms with Gasteiger partial charge in [-0.25, -0.2) is 0 Å². The van der Waals surface area contributed by atoms with Gasteiger partial charge in [-0.3, -0.25) is 4.90 Å². The fourth-order valence-corrected chi connectivity index (χ4v) is 10.7. The average Bonchev–Trinajstić information content (AvgIpc) is 3.15. The van der Waals surface area contributed by atoms with E-state index in [1.54, 1.807) is 21.3 Å². The van der Waals surface area contributed by atoms with Crippen LogP contribution in [-0.2, 0) is 14.2 Å². The lowest BCUT2D eigenvalue weighted by atomic mass is 9.42. The van der Waals surface area contributed by atoms with E-state index < -0.39 is 40.2 Å². The number of aliphatic hydroxyl groups excluding tert-OH is 2. The van der Waals surface area contributed by atoms with Crippen molar-refractivity contribution in [3.63, 3.8) is 0 Å². The van der Waals surface area contributed by atoms with Crippen LogP contribution in [0.3, 0.4) is 0 Å². The number of rotatable bonds is 5. The van der Waals surface area contributed by atoms with Gasteiger partial charge in [0.2, 0.25) is 0 Å². The van der Waals surface area contributed by atoms with Gasteiger partial charge in [-0.1, -0.05) is 6.92 Å². The lowest BCUT2D eigenvalue weighted by Gasteiger charge is -2.70. The first-order chi connectivity index (χ1) is 15.3. The van der Waals surface area contributed by atoms with Crippen molar-refractivity contribution in [1.82, 2.24) is 4.90 Å². The molecule has 6 rings (SSSR count). The summed E-state index contributed by atoms with van der Waals surface area (Å²) in [6, 6.07) is -0.368. The second kappa shape index (κ2) is 6.66. The van der Waals surface area contributed by atoms with E-state index in [0.29, 0.717) is 13.1 Å². The van der Waals surface area contributed by atoms with Gasteiger partial charge in [-0.2, -0.15) is 0 Å². The number of likely N-dealkylation sites (N-methyl/N-ethyl adjacent to an activating group) is 1. The molecule has 0 radical (unpaired) electrons. The Labute approximate surface area is 189 Å². The summed E-state index contributed by atoms with van der Waals surface area (Å²) in [5.41, 5.74) is -4.11. The largest absolute Gasteiger partial charge is 0.396 e. The van der Waals surface area contributed by atoms with Crippen LogP contribution in [0, 0.1) is 34.5 Å². The van der Waals surface area contributed by atoms with Crippen molar-refractivity contribution in [2.45, 2.75) is 74.3 Å². The highest BCUT2D eigenvalue weighted by atomic mass is 16.5. The van der Waals surface area contributed by atoms with Crippen molar-refractivity contribution < 1.29 is 34.6 Å². The highest BCUT2D eigenvalue weighted by molar-refractivity contribution is 5.41. The third-order valence-electron chi connectivity index (χ3n) is 11.4. The molecule has 5 aliphatic carbocycles. The van der Waals surface area contributed by atoms with Crippen molar-refractivity contribution in [2.75, 3.05) is 41.0 Å². The summed E-state index contributed by atoms with van der Waals surface area (Å²) in [5, 5.41) is 47.6. The third kappa shape index (κ3) is 1.96. The predicted octanol–water partition coefficient (Wildman–Crippen LogP) is -0.383. The summed E-state index contributed by atoms with van der Waals surface area (Å²) in [4.78, 5) is 2.28. The number of hydrogen-bond acceptors (Lipinski definition) is 8. The fourth-order valence-electron chi connectivity index (χ4n) is 10.7. The summed E-state index contributed by atoms with van der Waals surface area (Å²) in [5.74, 6) is -0.749. The van der Waals surface area contributed by atoms with E-state index >= 15 is 0 Å². The van der Waals surface area contributed by atoms with Crippen LogP contribution in [0.4, 0.5) is 0 Å². The van der Waals surface area contributed by atoms with E-state index in [-0.39, 0.29) is 49.0 Å². The van der Waals surface area contributed by atoms with Gasteiger partial charge in [0.15, 0.2) is 0 Å². The quantitative estimate of drug-likeness (QED) is 0.446. The van der Waals surface area contributed by atoms with E-state index in [0.717, 1.165) is 19.3 Å². The first-order valence-electron chi connectivity index (χ1n) is 12.3. The average molecular weight is 454 g/mol. The molecule has 8 nitrogen and oxygen atoms in total. The van der Waals surface area contributed by atoms with Crippen LogP contribution in [0.15, 0.2) is 0 Å². The maximum absolute atomic E-state index is 12.8. The van der Waals surface area contributed by atoms with Crippen molar-refractivity contribution in [3.8, 4) is 0 Å². The number of aliphatic hydroxyl groups is 4. The molecule has 0 aromatic carbocycles. The maximum atomic E-state index is 12.8. The van der Waals surface area contributed by atoms with E-state index in [4.69, 9.17) is 14.2 Å². The van der Waals surface area contributed by atoms with Crippen molar-refractivity contribution in [2.24, 2.45) is 34.5 Å². The van der Waals surface area contributed by atoms with Crippen LogP contribution in [0.25, 0.3) is 0 Å². The number of likely N-dealkylation sites (tertiary alicyclic amines) is 1. The van der Waals surface area contributed by atoms with Crippen LogP contribution in [-0.4, -0.2) is 108 Å². The summed E-state index contributed by atoms with van der Waals surface area (Å²) < 4.78 is 18.1. The summed E-state index contributed by atoms with van der Waals surface area (Å²) in [6.45, 7) is 3.46. The normalized spacial score (nSPS) is 62.4. The highest BCUT2D eigenvalue weighted by Crippen LogP contribution is 2.80. The Balaban J connectivity index is 1.69. The Morgan fingerprint density at radius 3 is 2.44 bits per heavy atom. The zero-order valence-electron chi connectivity index (χ0n) is 19.6. The van der Waals surface area contributed by atoms with Gasteiger partial charge in [0.25, 0.3) is 0 Å². The van der Waals surface area contributed by atoms with Gasteiger partial charge >= 0.3 is 0 Å². The summed E-state index contributed by atoms with van der Waals surface area (Å²) >= 11 is 0. The Bertz CT molecular complexity index is 798. The van der Waals surface area contributed by atoms with Crippen LogP contribution >= 0.6 is 0 Å². The molecular weight excluding hydrogens is 414 g/mol. The molecule has 6 fully saturated rings. The zero-order valence-corrected chi connectivity index (χ0v) is 19.6. The predicted molar refractivity (Wildman–Crippen MR) is 114 cm³/mol. The summed E-state index contributed by atoms with van der Waals surface area (Å²) in [7, 11) is 4.99. The first kappa shape index (κ1) is 22.2. The number of fused-ring (bicyclic) bond motifs is 2. The highest BCUT2D eigenvalue weighted by Gasteiger charge is 2.91. The van der Waals surface area contributed by atoms with E-state index in [1.807, 2.05) is 0 Å². The van der Waals surface area contributed by atoms with E-state index in [2.05, 4.69) is 11.8 Å². The third-order valence-corrected chi connectivity index (χ3v) is 11.4. The van der Waals surface area contributed by atoms with E-state index in [9.17, 15) is 20.4 Å². The van der Waals surface area contributed by atoms with Crippen molar-refractivity contribution >= 4 is 0 Å². The molecule has 7 bridgehead atoms. The molecule has 1 heterocycles. The fraction of sp³-hybridized carbons (Fsp3) is 1.00. The van der Waals surface area contributed by atoms with Gasteiger partial charge < -0.3 is 34.6 Å². The zero-order chi connectivity index (χ0) is 22.8. The van der Waals surface area contributed by atoms with Crippen LogP contribution in [0.1, 0.15) is 32.6 Å². The molecule has 0 aromatic heterocycles. The molecule has 32 heavy (non-hydrogen) atoms. The second-order valence-corrected chi connectivity index (χ2v) is 11.6. The number of hydrogen-bond donors (Lipinski definition) is 4. The Morgan fingerprint density at radius 2 is 1.84 bits per heavy atom. The molecule has 182 valence electrons.